The summed E-state index contributed by atoms with van der Waals surface area (Å²) in [5.74, 6) is -0.0412. The first-order chi connectivity index (χ1) is 13.4. The zero-order valence-corrected chi connectivity index (χ0v) is 18.2. The highest BCUT2D eigenvalue weighted by atomic mass is 32.1. The molecule has 0 aliphatic carbocycles. The summed E-state index contributed by atoms with van der Waals surface area (Å²) in [4.78, 5) is 22.4. The van der Waals surface area contributed by atoms with E-state index in [0.29, 0.717) is 12.2 Å². The molecule has 0 bridgehead atoms. The number of aryl methyl sites for hydroxylation is 1. The maximum atomic E-state index is 13.6. The monoisotopic (exact) mass is 399 g/mol. The van der Waals surface area contributed by atoms with Gasteiger partial charge in [0.15, 0.2) is 5.13 Å². The average molecular weight is 400 g/mol. The van der Waals surface area contributed by atoms with E-state index in [4.69, 9.17) is 4.98 Å². The highest BCUT2D eigenvalue weighted by Gasteiger charge is 2.26. The number of hydrogen-bond donors (Lipinski definition) is 0. The van der Waals surface area contributed by atoms with E-state index in [1.54, 1.807) is 11.3 Å². The van der Waals surface area contributed by atoms with E-state index < -0.39 is 0 Å². The fourth-order valence-corrected chi connectivity index (χ4v) is 4.24. The van der Waals surface area contributed by atoms with Gasteiger partial charge in [-0.05, 0) is 52.1 Å². The van der Waals surface area contributed by atoms with Crippen molar-refractivity contribution in [1.29, 1.82) is 0 Å². The lowest BCUT2D eigenvalue weighted by atomic mass is 10.3. The minimum Gasteiger partial charge on any atom is -0.302 e. The molecule has 0 fully saturated rings. The topological polar surface area (TPSA) is 54.3 Å². The highest BCUT2D eigenvalue weighted by molar-refractivity contribution is 7.22. The lowest BCUT2D eigenvalue weighted by Crippen LogP contribution is -2.39. The Labute approximate surface area is 170 Å². The number of carbonyl (C=O) groups is 1. The number of para-hydroxylation sites is 1. The summed E-state index contributed by atoms with van der Waals surface area (Å²) in [5, 5.41) is 5.26. The molecule has 1 amide bonds. The van der Waals surface area contributed by atoms with Gasteiger partial charge in [0.1, 0.15) is 5.69 Å². The van der Waals surface area contributed by atoms with Crippen LogP contribution in [0.2, 0.25) is 0 Å². The Morgan fingerprint density at radius 3 is 2.54 bits per heavy atom. The van der Waals surface area contributed by atoms with Crippen LogP contribution in [0.25, 0.3) is 10.2 Å². The molecule has 6 nitrogen and oxygen atoms in total. The average Bonchev–Trinajstić information content (AvgIpc) is 3.28. The number of benzene rings is 1. The number of thiazole rings is 1. The molecular weight excluding hydrogens is 370 g/mol. The Kier molecular flexibility index (Phi) is 6.46. The highest BCUT2D eigenvalue weighted by Crippen LogP contribution is 2.30. The second-order valence-electron chi connectivity index (χ2n) is 7.16. The van der Waals surface area contributed by atoms with Crippen LogP contribution < -0.4 is 4.90 Å². The molecule has 0 saturated heterocycles. The van der Waals surface area contributed by atoms with Crippen molar-refractivity contribution in [2.24, 2.45) is 0 Å². The molecule has 150 valence electrons. The van der Waals surface area contributed by atoms with Gasteiger partial charge in [0.05, 0.1) is 15.9 Å². The van der Waals surface area contributed by atoms with E-state index in [0.717, 1.165) is 40.7 Å². The number of likely N-dealkylation sites (N-methyl/N-ethyl adjacent to an activating group) is 1. The first-order valence-electron chi connectivity index (χ1n) is 9.90. The molecule has 0 saturated carbocycles. The van der Waals surface area contributed by atoms with Crippen LogP contribution in [0.15, 0.2) is 30.3 Å². The van der Waals surface area contributed by atoms with Crippen LogP contribution in [0, 0.1) is 6.92 Å². The molecule has 0 N–H and O–H groups in total. The molecule has 0 aliphatic heterocycles. The predicted molar refractivity (Wildman–Crippen MR) is 116 cm³/mol. The predicted octanol–water partition coefficient (Wildman–Crippen LogP) is 4.37. The summed E-state index contributed by atoms with van der Waals surface area (Å²) in [6.07, 6.45) is 0. The molecule has 28 heavy (non-hydrogen) atoms. The van der Waals surface area contributed by atoms with E-state index >= 15 is 0 Å². The third-order valence-corrected chi connectivity index (χ3v) is 5.92. The Morgan fingerprint density at radius 1 is 1.18 bits per heavy atom. The van der Waals surface area contributed by atoms with Crippen LogP contribution in [0.5, 0.6) is 0 Å². The maximum Gasteiger partial charge on any atom is 0.278 e. The molecule has 0 atom stereocenters. The smallest absolute Gasteiger partial charge is 0.278 e. The summed E-state index contributed by atoms with van der Waals surface area (Å²) in [5.41, 5.74) is 2.40. The number of rotatable bonds is 8. The normalized spacial score (nSPS) is 11.7. The molecular formula is C21H29N5OS. The quantitative estimate of drug-likeness (QED) is 0.564. The minimum absolute atomic E-state index is 0.0412. The second kappa shape index (κ2) is 8.84. The fourth-order valence-electron chi connectivity index (χ4n) is 3.25. The van der Waals surface area contributed by atoms with Gasteiger partial charge in [-0.15, -0.1) is 0 Å². The van der Waals surface area contributed by atoms with Crippen molar-refractivity contribution in [3.63, 3.8) is 0 Å². The van der Waals surface area contributed by atoms with Crippen molar-refractivity contribution < 1.29 is 4.79 Å². The first kappa shape index (κ1) is 20.5. The third kappa shape index (κ3) is 4.25. The maximum absolute atomic E-state index is 13.6. The summed E-state index contributed by atoms with van der Waals surface area (Å²) < 4.78 is 2.90. The number of amides is 1. The Hall–Kier alpha value is -2.25. The number of aromatic nitrogens is 3. The summed E-state index contributed by atoms with van der Waals surface area (Å²) in [6.45, 7) is 13.6. The lowest BCUT2D eigenvalue weighted by Gasteiger charge is -2.25. The third-order valence-electron chi connectivity index (χ3n) is 4.86. The van der Waals surface area contributed by atoms with Gasteiger partial charge in [-0.2, -0.15) is 5.10 Å². The van der Waals surface area contributed by atoms with Crippen molar-refractivity contribution in [2.45, 2.75) is 40.7 Å². The standard InChI is InChI=1S/C21H29N5OS/c1-6-24(7-2)12-13-25(21-22-17-10-8-9-11-19(17)28-21)20(27)18-14-16(5)23-26(18)15(3)4/h8-11,14-15H,6-7,12-13H2,1-5H3. The summed E-state index contributed by atoms with van der Waals surface area (Å²) >= 11 is 1.56. The zero-order valence-electron chi connectivity index (χ0n) is 17.3. The largest absolute Gasteiger partial charge is 0.302 e. The van der Waals surface area contributed by atoms with Crippen molar-refractivity contribution in [3.05, 3.63) is 41.7 Å². The molecule has 3 rings (SSSR count). The molecule has 2 aromatic heterocycles. The van der Waals surface area contributed by atoms with Gasteiger partial charge < -0.3 is 4.90 Å². The van der Waals surface area contributed by atoms with E-state index in [9.17, 15) is 4.79 Å². The van der Waals surface area contributed by atoms with Gasteiger partial charge >= 0.3 is 0 Å². The molecule has 2 heterocycles. The summed E-state index contributed by atoms with van der Waals surface area (Å²) in [7, 11) is 0. The van der Waals surface area contributed by atoms with E-state index in [-0.39, 0.29) is 11.9 Å². The Balaban J connectivity index is 1.99. The SMILES string of the molecule is CCN(CC)CCN(C(=O)c1cc(C)nn1C(C)C)c1nc2ccccc2s1. The molecule has 7 heteroatoms. The van der Waals surface area contributed by atoms with Crippen LogP contribution >= 0.6 is 11.3 Å². The molecule has 0 unspecified atom stereocenters. The van der Waals surface area contributed by atoms with E-state index in [2.05, 4.69) is 23.8 Å². The molecule has 0 spiro atoms. The lowest BCUT2D eigenvalue weighted by molar-refractivity contribution is 0.0971. The summed E-state index contributed by atoms with van der Waals surface area (Å²) in [6, 6.07) is 10.0. The molecule has 0 aliphatic rings. The van der Waals surface area contributed by atoms with E-state index in [1.165, 1.54) is 0 Å². The number of hydrogen-bond acceptors (Lipinski definition) is 5. The van der Waals surface area contributed by atoms with Crippen LogP contribution in [-0.2, 0) is 0 Å². The fraction of sp³-hybridized carbons (Fsp3) is 0.476. The number of nitrogens with zero attached hydrogens (tertiary/aromatic N) is 5. The van der Waals surface area contributed by atoms with Gasteiger partial charge in [0.2, 0.25) is 0 Å². The van der Waals surface area contributed by atoms with Gasteiger partial charge in [-0.3, -0.25) is 14.4 Å². The van der Waals surface area contributed by atoms with Crippen LogP contribution in [0.4, 0.5) is 5.13 Å². The Morgan fingerprint density at radius 2 is 1.89 bits per heavy atom. The zero-order chi connectivity index (χ0) is 20.3. The van der Waals surface area contributed by atoms with Crippen molar-refractivity contribution in [2.75, 3.05) is 31.1 Å². The Bertz CT molecular complexity index is 908. The molecule has 3 aromatic rings. The number of carbonyl (C=O) groups excluding carboxylic acids is 1. The van der Waals surface area contributed by atoms with Crippen LogP contribution in [-0.4, -0.2) is 51.8 Å². The van der Waals surface area contributed by atoms with Gasteiger partial charge in [0.25, 0.3) is 5.91 Å². The van der Waals surface area contributed by atoms with Crippen molar-refractivity contribution in [1.82, 2.24) is 19.7 Å². The molecule has 1 aromatic carbocycles. The van der Waals surface area contributed by atoms with Gasteiger partial charge in [-0.1, -0.05) is 37.3 Å². The second-order valence-corrected chi connectivity index (χ2v) is 8.17. The van der Waals surface area contributed by atoms with E-state index in [1.807, 2.05) is 60.7 Å². The number of fused-ring (bicyclic) bond motifs is 1. The van der Waals surface area contributed by atoms with Crippen LogP contribution in [0.1, 0.15) is 49.9 Å². The van der Waals surface area contributed by atoms with Crippen molar-refractivity contribution >= 4 is 32.6 Å². The first-order valence-corrected chi connectivity index (χ1v) is 10.7. The molecule has 0 radical (unpaired) electrons. The van der Waals surface area contributed by atoms with Crippen LogP contribution in [0.3, 0.4) is 0 Å². The number of anilines is 1. The van der Waals surface area contributed by atoms with Gasteiger partial charge in [0, 0.05) is 19.1 Å². The van der Waals surface area contributed by atoms with Crippen molar-refractivity contribution in [3.8, 4) is 0 Å². The van der Waals surface area contributed by atoms with Gasteiger partial charge in [-0.25, -0.2) is 4.98 Å². The minimum atomic E-state index is -0.0412.